The molecule has 102 valence electrons. The summed E-state index contributed by atoms with van der Waals surface area (Å²) in [5, 5.41) is 13.0. The number of nitrogens with zero attached hydrogens (tertiary/aromatic N) is 4. The highest BCUT2D eigenvalue weighted by Crippen LogP contribution is 2.15. The lowest BCUT2D eigenvalue weighted by Crippen LogP contribution is -2.24. The van der Waals surface area contributed by atoms with Crippen molar-refractivity contribution in [2.24, 2.45) is 0 Å². The van der Waals surface area contributed by atoms with Gasteiger partial charge in [0.05, 0.1) is 5.39 Å². The fourth-order valence-corrected chi connectivity index (χ4v) is 1.62. The molecule has 0 aliphatic heterocycles. The number of hydrogen-bond donors (Lipinski definition) is 2. The van der Waals surface area contributed by atoms with Crippen molar-refractivity contribution in [1.29, 1.82) is 0 Å². The molecule has 2 heterocycles. The number of hydrogen-bond acceptors (Lipinski definition) is 6. The van der Waals surface area contributed by atoms with E-state index in [0.29, 0.717) is 22.5 Å². The van der Waals surface area contributed by atoms with E-state index in [-0.39, 0.29) is 5.65 Å². The summed E-state index contributed by atoms with van der Waals surface area (Å²) in [5.41, 5.74) is 0.155. The molecule has 0 unspecified atom stereocenters. The van der Waals surface area contributed by atoms with Crippen molar-refractivity contribution in [3.8, 4) is 0 Å². The fraction of sp³-hybridized carbons (Fsp3) is 0.0769. The molecule has 0 spiro atoms. The fourth-order valence-electron chi connectivity index (χ4n) is 1.62. The van der Waals surface area contributed by atoms with Crippen molar-refractivity contribution in [2.75, 3.05) is 11.9 Å². The van der Waals surface area contributed by atoms with Crippen LogP contribution in [0.1, 0.15) is 0 Å². The normalized spacial score (nSPS) is 11.3. The molecule has 0 aromatic carbocycles. The molecular weight excluding hydrogens is 258 g/mol. The molecule has 0 saturated carbocycles. The summed E-state index contributed by atoms with van der Waals surface area (Å²) in [6.45, 7) is 7.69. The third-order valence-corrected chi connectivity index (χ3v) is 2.59. The minimum absolute atomic E-state index is 0.0929. The van der Waals surface area contributed by atoms with Crippen LogP contribution in [0.3, 0.4) is 0 Å². The summed E-state index contributed by atoms with van der Waals surface area (Å²) in [6, 6.07) is 0. The first-order valence-electron chi connectivity index (χ1n) is 5.77. The predicted octanol–water partition coefficient (Wildman–Crippen LogP) is 1.13. The Morgan fingerprint density at radius 1 is 1.50 bits per heavy atom. The number of nitrogens with one attached hydrogen (secondary N) is 1. The van der Waals surface area contributed by atoms with Gasteiger partial charge in [-0.15, -0.1) is 4.73 Å². The van der Waals surface area contributed by atoms with Gasteiger partial charge in [-0.3, -0.25) is 0 Å². The van der Waals surface area contributed by atoms with E-state index in [4.69, 9.17) is 0 Å². The van der Waals surface area contributed by atoms with Crippen LogP contribution in [0.2, 0.25) is 0 Å². The topological polar surface area (TPSA) is 92.9 Å². The molecule has 2 N–H and O–H groups in total. The smallest absolute Gasteiger partial charge is 0.384 e. The van der Waals surface area contributed by atoms with E-state index >= 15 is 0 Å². The van der Waals surface area contributed by atoms with E-state index in [1.807, 2.05) is 0 Å². The van der Waals surface area contributed by atoms with Crippen LogP contribution in [0.15, 0.2) is 54.3 Å². The summed E-state index contributed by atoms with van der Waals surface area (Å²) in [4.78, 5) is 23.0. The summed E-state index contributed by atoms with van der Waals surface area (Å²) < 4.78 is 0.385. The Labute approximate surface area is 114 Å². The molecule has 0 atom stereocenters. The molecule has 2 rings (SSSR count). The maximum atomic E-state index is 11.5. The largest absolute Gasteiger partial charge is 0.422 e. The van der Waals surface area contributed by atoms with Crippen molar-refractivity contribution in [3.63, 3.8) is 0 Å². The van der Waals surface area contributed by atoms with Crippen molar-refractivity contribution < 1.29 is 5.21 Å². The Morgan fingerprint density at radius 3 is 3.00 bits per heavy atom. The van der Waals surface area contributed by atoms with Crippen LogP contribution in [-0.4, -0.2) is 31.4 Å². The molecule has 0 aliphatic rings. The highest BCUT2D eigenvalue weighted by Gasteiger charge is 2.10. The van der Waals surface area contributed by atoms with Crippen molar-refractivity contribution in [3.05, 3.63) is 60.0 Å². The lowest BCUT2D eigenvalue weighted by molar-refractivity contribution is 0.182. The second-order valence-corrected chi connectivity index (χ2v) is 3.85. The molecule has 0 saturated heterocycles. The van der Waals surface area contributed by atoms with Crippen molar-refractivity contribution in [2.45, 2.75) is 0 Å². The number of aromatic nitrogens is 4. The third-order valence-electron chi connectivity index (χ3n) is 2.59. The zero-order chi connectivity index (χ0) is 14.5. The molecule has 0 aliphatic carbocycles. The molecule has 0 bridgehead atoms. The molecule has 2 aromatic rings. The predicted molar refractivity (Wildman–Crippen MR) is 75.7 cm³/mol. The Bertz CT molecular complexity index is 748. The lowest BCUT2D eigenvalue weighted by Gasteiger charge is -2.09. The molecular formula is C13H13N5O2. The Balaban J connectivity index is 2.42. The van der Waals surface area contributed by atoms with E-state index in [1.54, 1.807) is 18.2 Å². The standard InChI is InChI=1S/C13H13N5O2/c1-3-5-9(4-2)6-15-11-10-7-14-8-16-12(10)18(20)13(19)17-11/h3-5,7-8,20H,1-2,6H2,(H,15,17,19)/b9-5+. The van der Waals surface area contributed by atoms with Crippen molar-refractivity contribution in [1.82, 2.24) is 19.7 Å². The van der Waals surface area contributed by atoms with Crippen LogP contribution in [0.25, 0.3) is 11.0 Å². The SMILES string of the molecule is C=C/C=C(\C=C)CNc1nc(=O)n(O)c2ncncc12. The van der Waals surface area contributed by atoms with Gasteiger partial charge in [0.25, 0.3) is 0 Å². The van der Waals surface area contributed by atoms with Gasteiger partial charge in [-0.05, 0) is 5.57 Å². The van der Waals surface area contributed by atoms with Crippen LogP contribution in [0.4, 0.5) is 5.82 Å². The average Bonchev–Trinajstić information content (AvgIpc) is 2.48. The maximum absolute atomic E-state index is 11.5. The Kier molecular flexibility index (Phi) is 3.90. The molecule has 7 heteroatoms. The van der Waals surface area contributed by atoms with Crippen LogP contribution in [0, 0.1) is 0 Å². The second-order valence-electron chi connectivity index (χ2n) is 3.85. The maximum Gasteiger partial charge on any atom is 0.384 e. The lowest BCUT2D eigenvalue weighted by atomic mass is 10.2. The minimum atomic E-state index is -0.813. The summed E-state index contributed by atoms with van der Waals surface area (Å²) in [7, 11) is 0. The Morgan fingerprint density at radius 2 is 2.30 bits per heavy atom. The van der Waals surface area contributed by atoms with E-state index < -0.39 is 5.69 Å². The number of fused-ring (bicyclic) bond motifs is 1. The number of allylic oxidation sites excluding steroid dienone is 2. The quantitative estimate of drug-likeness (QED) is 0.625. The van der Waals surface area contributed by atoms with Gasteiger partial charge in [0.1, 0.15) is 12.1 Å². The first kappa shape index (κ1) is 13.5. The first-order valence-corrected chi connectivity index (χ1v) is 5.77. The van der Waals surface area contributed by atoms with Crippen LogP contribution < -0.4 is 11.0 Å². The van der Waals surface area contributed by atoms with Gasteiger partial charge in [0, 0.05) is 12.7 Å². The van der Waals surface area contributed by atoms with Gasteiger partial charge >= 0.3 is 5.69 Å². The third kappa shape index (κ3) is 2.56. The van der Waals surface area contributed by atoms with Gasteiger partial charge < -0.3 is 10.5 Å². The number of rotatable bonds is 5. The summed E-state index contributed by atoms with van der Waals surface area (Å²) in [6.07, 6.45) is 7.80. The molecule has 7 nitrogen and oxygen atoms in total. The first-order chi connectivity index (χ1) is 9.67. The van der Waals surface area contributed by atoms with Gasteiger partial charge in [0.2, 0.25) is 0 Å². The monoisotopic (exact) mass is 271 g/mol. The minimum Gasteiger partial charge on any atom is -0.422 e. The van der Waals surface area contributed by atoms with Gasteiger partial charge in [-0.25, -0.2) is 14.8 Å². The Hall–Kier alpha value is -2.96. The zero-order valence-electron chi connectivity index (χ0n) is 10.7. The molecule has 2 aromatic heterocycles. The van der Waals surface area contributed by atoms with Crippen LogP contribution in [0.5, 0.6) is 0 Å². The molecule has 20 heavy (non-hydrogen) atoms. The summed E-state index contributed by atoms with van der Waals surface area (Å²) >= 11 is 0. The van der Waals surface area contributed by atoms with E-state index in [1.165, 1.54) is 12.5 Å². The highest BCUT2D eigenvalue weighted by molar-refractivity contribution is 5.85. The number of anilines is 1. The van der Waals surface area contributed by atoms with E-state index in [9.17, 15) is 10.0 Å². The second kappa shape index (κ2) is 5.79. The van der Waals surface area contributed by atoms with Crippen molar-refractivity contribution >= 4 is 16.9 Å². The average molecular weight is 271 g/mol. The van der Waals surface area contributed by atoms with E-state index in [0.717, 1.165) is 5.57 Å². The molecule has 0 amide bonds. The summed E-state index contributed by atoms with van der Waals surface area (Å²) in [5.74, 6) is 0.299. The molecule has 0 fully saturated rings. The van der Waals surface area contributed by atoms with Crippen LogP contribution >= 0.6 is 0 Å². The highest BCUT2D eigenvalue weighted by atomic mass is 16.5. The van der Waals surface area contributed by atoms with Gasteiger partial charge in [-0.1, -0.05) is 31.4 Å². The molecule has 0 radical (unpaired) electrons. The van der Waals surface area contributed by atoms with Gasteiger partial charge in [0.15, 0.2) is 5.65 Å². The van der Waals surface area contributed by atoms with E-state index in [2.05, 4.69) is 33.4 Å². The zero-order valence-corrected chi connectivity index (χ0v) is 10.7. The van der Waals surface area contributed by atoms with Crippen LogP contribution in [-0.2, 0) is 0 Å². The van der Waals surface area contributed by atoms with Gasteiger partial charge in [-0.2, -0.15) is 4.98 Å².